The Labute approximate surface area is 204 Å². The molecule has 10 heteroatoms. The molecule has 0 aliphatic carbocycles. The summed E-state index contributed by atoms with van der Waals surface area (Å²) in [5.74, 6) is 1.02. The van der Waals surface area contributed by atoms with Crippen LogP contribution in [0.5, 0.6) is 5.75 Å². The molecule has 3 N–H and O–H groups in total. The largest absolute Gasteiger partial charge is 0.489 e. The minimum absolute atomic E-state index is 0.218. The predicted octanol–water partition coefficient (Wildman–Crippen LogP) is 4.26. The normalized spacial score (nSPS) is 15.4. The zero-order chi connectivity index (χ0) is 25.3. The third-order valence-electron chi connectivity index (χ3n) is 5.84. The van der Waals surface area contributed by atoms with Gasteiger partial charge in [0.1, 0.15) is 29.1 Å². The van der Waals surface area contributed by atoms with Crippen molar-refractivity contribution >= 4 is 23.2 Å². The highest BCUT2D eigenvalue weighted by Gasteiger charge is 2.28. The molecule has 1 aromatic carbocycles. The highest BCUT2D eigenvalue weighted by Crippen LogP contribution is 2.37. The zero-order valence-corrected chi connectivity index (χ0v) is 20.8. The van der Waals surface area contributed by atoms with Crippen LogP contribution in [0.25, 0.3) is 5.65 Å². The van der Waals surface area contributed by atoms with E-state index >= 15 is 0 Å². The van der Waals surface area contributed by atoms with E-state index in [1.165, 1.54) is 12.1 Å². The summed E-state index contributed by atoms with van der Waals surface area (Å²) in [6.07, 6.45) is 4.48. The summed E-state index contributed by atoms with van der Waals surface area (Å²) in [7, 11) is 0. The maximum Gasteiger partial charge on any atom is 0.407 e. The molecular formula is C25H33FN6O3. The monoisotopic (exact) mass is 484 g/mol. The van der Waals surface area contributed by atoms with Gasteiger partial charge < -0.3 is 25.4 Å². The molecule has 1 amide bonds. The lowest BCUT2D eigenvalue weighted by Crippen LogP contribution is -2.38. The predicted molar refractivity (Wildman–Crippen MR) is 132 cm³/mol. The lowest BCUT2D eigenvalue weighted by atomic mass is 10.0. The number of halogens is 1. The average molecular weight is 485 g/mol. The van der Waals surface area contributed by atoms with Crippen molar-refractivity contribution in [2.45, 2.75) is 65.2 Å². The summed E-state index contributed by atoms with van der Waals surface area (Å²) in [5.41, 5.74) is 8.33. The average Bonchev–Trinajstić information content (AvgIpc) is 3.15. The van der Waals surface area contributed by atoms with Gasteiger partial charge in [-0.25, -0.2) is 18.7 Å². The van der Waals surface area contributed by atoms with Gasteiger partial charge in [0.05, 0.1) is 24.5 Å². The number of alkyl carbamates (subject to hydrolysis) is 1. The number of hydrogen-bond acceptors (Lipinski definition) is 7. The Bertz CT molecular complexity index is 1220. The van der Waals surface area contributed by atoms with Crippen molar-refractivity contribution in [3.8, 4) is 5.75 Å². The summed E-state index contributed by atoms with van der Waals surface area (Å²) in [5, 5.41) is 6.98. The smallest absolute Gasteiger partial charge is 0.407 e. The first-order valence-electron chi connectivity index (χ1n) is 11.8. The molecule has 0 spiro atoms. The van der Waals surface area contributed by atoms with Crippen LogP contribution in [0.3, 0.4) is 0 Å². The molecule has 2 unspecified atom stereocenters. The van der Waals surface area contributed by atoms with E-state index < -0.39 is 11.7 Å². The fourth-order valence-corrected chi connectivity index (χ4v) is 4.23. The number of carbonyl (C=O) groups excluding carboxylic acids is 1. The number of fused-ring (bicyclic) bond motifs is 2. The molecule has 9 nitrogen and oxygen atoms in total. The summed E-state index contributed by atoms with van der Waals surface area (Å²) < 4.78 is 27.5. The number of benzene rings is 1. The minimum atomic E-state index is -0.584. The van der Waals surface area contributed by atoms with Crippen LogP contribution in [0.15, 0.2) is 30.6 Å². The second-order valence-corrected chi connectivity index (χ2v) is 9.92. The van der Waals surface area contributed by atoms with Gasteiger partial charge in [-0.1, -0.05) is 0 Å². The van der Waals surface area contributed by atoms with Gasteiger partial charge in [0.2, 0.25) is 0 Å². The van der Waals surface area contributed by atoms with Crippen molar-refractivity contribution < 1.29 is 18.7 Å². The molecule has 0 saturated heterocycles. The molecule has 35 heavy (non-hydrogen) atoms. The molecular weight excluding hydrogens is 451 g/mol. The van der Waals surface area contributed by atoms with Crippen LogP contribution in [-0.2, 0) is 11.2 Å². The molecule has 2 atom stereocenters. The van der Waals surface area contributed by atoms with Gasteiger partial charge >= 0.3 is 6.09 Å². The summed E-state index contributed by atoms with van der Waals surface area (Å²) in [6.45, 7) is 10.3. The van der Waals surface area contributed by atoms with E-state index in [1.54, 1.807) is 37.5 Å². The molecule has 188 valence electrons. The number of carbonyl (C=O) groups is 1. The lowest BCUT2D eigenvalue weighted by molar-refractivity contribution is 0.0504. The first-order valence-corrected chi connectivity index (χ1v) is 11.8. The minimum Gasteiger partial charge on any atom is -0.489 e. The number of rotatable bonds is 6. The van der Waals surface area contributed by atoms with Gasteiger partial charge in [0.25, 0.3) is 0 Å². The lowest BCUT2D eigenvalue weighted by Gasteiger charge is -2.36. The van der Waals surface area contributed by atoms with Crippen LogP contribution < -0.4 is 20.7 Å². The summed E-state index contributed by atoms with van der Waals surface area (Å²) in [6, 6.07) is 4.28. The maximum atomic E-state index is 14.3. The Morgan fingerprint density at radius 3 is 2.83 bits per heavy atom. The number of aryl methyl sites for hydroxylation is 1. The fraction of sp³-hybridized carbons (Fsp3) is 0.480. The Hall–Kier alpha value is -3.56. The topological polar surface area (TPSA) is 107 Å². The van der Waals surface area contributed by atoms with Crippen molar-refractivity contribution in [3.63, 3.8) is 0 Å². The molecule has 0 saturated carbocycles. The Kier molecular flexibility index (Phi) is 6.73. The van der Waals surface area contributed by atoms with Gasteiger partial charge in [-0.3, -0.25) is 0 Å². The summed E-state index contributed by atoms with van der Waals surface area (Å²) in [4.78, 5) is 18.9. The van der Waals surface area contributed by atoms with Crippen molar-refractivity contribution in [2.75, 3.05) is 23.7 Å². The molecule has 1 aliphatic rings. The van der Waals surface area contributed by atoms with E-state index in [0.717, 1.165) is 30.8 Å². The number of aromatic nitrogens is 3. The summed E-state index contributed by atoms with van der Waals surface area (Å²) >= 11 is 0. The third kappa shape index (κ3) is 5.58. The Morgan fingerprint density at radius 2 is 2.09 bits per heavy atom. The third-order valence-corrected chi connectivity index (χ3v) is 5.84. The molecule has 0 bridgehead atoms. The Morgan fingerprint density at radius 1 is 1.31 bits per heavy atom. The number of nitrogens with zero attached hydrogens (tertiary/aromatic N) is 4. The molecule has 3 aromatic rings. The standard InChI is InChI=1S/C25H33FN6O3/c1-15(12-28-24(33)35-25(3,4)5)34-21-9-8-18(26)11-19(21)16(2)31-10-6-7-17-14-32-23(30-22(17)31)20(27)13-29-32/h8-9,11,13-16H,6-7,10,12,27H2,1-5H3,(H,28,33). The first kappa shape index (κ1) is 24.6. The van der Waals surface area contributed by atoms with Crippen molar-refractivity contribution in [3.05, 3.63) is 47.5 Å². The molecule has 2 aromatic heterocycles. The molecule has 4 rings (SSSR count). The number of ether oxygens (including phenoxy) is 2. The van der Waals surface area contributed by atoms with E-state index in [-0.39, 0.29) is 24.5 Å². The Balaban J connectivity index is 1.55. The highest BCUT2D eigenvalue weighted by atomic mass is 19.1. The number of amides is 1. The van der Waals surface area contributed by atoms with Crippen LogP contribution in [0.4, 0.5) is 20.7 Å². The first-order chi connectivity index (χ1) is 16.5. The van der Waals surface area contributed by atoms with E-state index in [0.29, 0.717) is 22.6 Å². The van der Waals surface area contributed by atoms with Crippen LogP contribution in [0.2, 0.25) is 0 Å². The van der Waals surface area contributed by atoms with Crippen molar-refractivity contribution in [2.24, 2.45) is 0 Å². The van der Waals surface area contributed by atoms with Crippen LogP contribution >= 0.6 is 0 Å². The number of nitrogens with two attached hydrogens (primary N) is 1. The van der Waals surface area contributed by atoms with Crippen molar-refractivity contribution in [1.82, 2.24) is 19.9 Å². The second-order valence-electron chi connectivity index (χ2n) is 9.92. The van der Waals surface area contributed by atoms with Crippen LogP contribution in [0.1, 0.15) is 58.2 Å². The molecule has 3 heterocycles. The van der Waals surface area contributed by atoms with Gasteiger partial charge in [0, 0.05) is 23.9 Å². The van der Waals surface area contributed by atoms with Crippen LogP contribution in [-0.4, -0.2) is 45.5 Å². The zero-order valence-electron chi connectivity index (χ0n) is 20.8. The van der Waals surface area contributed by atoms with Gasteiger partial charge in [-0.15, -0.1) is 0 Å². The molecule has 0 fully saturated rings. The number of hydrogen-bond donors (Lipinski definition) is 2. The second kappa shape index (κ2) is 9.59. The number of anilines is 2. The highest BCUT2D eigenvalue weighted by molar-refractivity contribution is 5.68. The molecule has 1 aliphatic heterocycles. The van der Waals surface area contributed by atoms with E-state index in [1.807, 2.05) is 20.0 Å². The van der Waals surface area contributed by atoms with E-state index in [2.05, 4.69) is 15.3 Å². The fourth-order valence-electron chi connectivity index (χ4n) is 4.23. The quantitative estimate of drug-likeness (QED) is 0.538. The van der Waals surface area contributed by atoms with Gasteiger partial charge in [-0.05, 0) is 65.7 Å². The van der Waals surface area contributed by atoms with Gasteiger partial charge in [0.15, 0.2) is 5.65 Å². The van der Waals surface area contributed by atoms with Gasteiger partial charge in [-0.2, -0.15) is 5.10 Å². The maximum absolute atomic E-state index is 14.3. The SMILES string of the molecule is CC(CNC(=O)OC(C)(C)C)Oc1ccc(F)cc1C(C)N1CCCc2cn3ncc(N)c3nc21. The van der Waals surface area contributed by atoms with E-state index in [9.17, 15) is 9.18 Å². The number of nitrogen functional groups attached to an aromatic ring is 1. The molecule has 0 radical (unpaired) electrons. The van der Waals surface area contributed by atoms with Crippen molar-refractivity contribution in [1.29, 1.82) is 0 Å². The van der Waals surface area contributed by atoms with Crippen LogP contribution in [0, 0.1) is 5.82 Å². The number of nitrogens with one attached hydrogen (secondary N) is 1. The van der Waals surface area contributed by atoms with E-state index in [4.69, 9.17) is 20.2 Å².